The zero-order valence-corrected chi connectivity index (χ0v) is 16.0. The summed E-state index contributed by atoms with van der Waals surface area (Å²) < 4.78 is 0.931. The second-order valence-electron chi connectivity index (χ2n) is 5.91. The van der Waals surface area contributed by atoms with E-state index in [1.807, 2.05) is 31.2 Å². The predicted octanol–water partition coefficient (Wildman–Crippen LogP) is 4.79. The number of aromatic nitrogens is 1. The average Bonchev–Trinajstić information content (AvgIpc) is 2.99. The van der Waals surface area contributed by atoms with Gasteiger partial charge in [0.1, 0.15) is 0 Å². The first-order chi connectivity index (χ1) is 12.4. The van der Waals surface area contributed by atoms with Gasteiger partial charge in [0.05, 0.1) is 16.6 Å². The van der Waals surface area contributed by atoms with Crippen LogP contribution in [0.1, 0.15) is 24.5 Å². The van der Waals surface area contributed by atoms with E-state index in [2.05, 4.69) is 15.6 Å². The minimum absolute atomic E-state index is 0.0689. The molecule has 0 radical (unpaired) electrons. The fourth-order valence-corrected chi connectivity index (χ4v) is 3.57. The molecule has 0 aliphatic heterocycles. The van der Waals surface area contributed by atoms with Crippen LogP contribution in [-0.2, 0) is 16.0 Å². The monoisotopic (exact) mass is 387 g/mol. The SMILES string of the molecule is CCC(=O)Nc1nc2ccc(CC(=O)Nc3cc(Cl)ccc3C)cc2s1. The molecule has 1 aromatic heterocycles. The highest BCUT2D eigenvalue weighted by atomic mass is 35.5. The van der Waals surface area contributed by atoms with Crippen LogP contribution in [0.2, 0.25) is 5.02 Å². The molecule has 0 atom stereocenters. The van der Waals surface area contributed by atoms with Gasteiger partial charge < -0.3 is 10.6 Å². The Balaban J connectivity index is 1.72. The van der Waals surface area contributed by atoms with Gasteiger partial charge >= 0.3 is 0 Å². The molecule has 26 heavy (non-hydrogen) atoms. The summed E-state index contributed by atoms with van der Waals surface area (Å²) in [5.41, 5.74) is 3.35. The molecule has 2 amide bonds. The number of anilines is 2. The zero-order chi connectivity index (χ0) is 18.7. The second-order valence-corrected chi connectivity index (χ2v) is 7.37. The highest BCUT2D eigenvalue weighted by Gasteiger charge is 2.10. The molecule has 0 aliphatic carbocycles. The summed E-state index contributed by atoms with van der Waals surface area (Å²) in [6.45, 7) is 3.71. The van der Waals surface area contributed by atoms with Gasteiger partial charge in [-0.15, -0.1) is 0 Å². The zero-order valence-electron chi connectivity index (χ0n) is 14.4. The number of nitrogens with one attached hydrogen (secondary N) is 2. The molecule has 3 rings (SSSR count). The van der Waals surface area contributed by atoms with Crippen LogP contribution >= 0.6 is 22.9 Å². The van der Waals surface area contributed by atoms with Gasteiger partial charge in [0.25, 0.3) is 0 Å². The van der Waals surface area contributed by atoms with Crippen molar-refractivity contribution >= 4 is 55.8 Å². The summed E-state index contributed by atoms with van der Waals surface area (Å²) >= 11 is 7.39. The van der Waals surface area contributed by atoms with Gasteiger partial charge in [-0.2, -0.15) is 0 Å². The van der Waals surface area contributed by atoms with Crippen LogP contribution in [0.4, 0.5) is 10.8 Å². The minimum Gasteiger partial charge on any atom is -0.326 e. The van der Waals surface area contributed by atoms with Gasteiger partial charge in [0, 0.05) is 17.1 Å². The Bertz CT molecular complexity index is 984. The molecule has 3 aromatic rings. The fraction of sp³-hybridized carbons (Fsp3) is 0.211. The molecule has 0 spiro atoms. The molecule has 0 fully saturated rings. The van der Waals surface area contributed by atoms with E-state index in [4.69, 9.17) is 11.6 Å². The Morgan fingerprint density at radius 2 is 1.92 bits per heavy atom. The van der Waals surface area contributed by atoms with Gasteiger partial charge in [-0.1, -0.05) is 42.0 Å². The molecule has 5 nitrogen and oxygen atoms in total. The van der Waals surface area contributed by atoms with E-state index in [0.29, 0.717) is 22.3 Å². The quantitative estimate of drug-likeness (QED) is 0.661. The van der Waals surface area contributed by atoms with Crippen molar-refractivity contribution in [3.05, 3.63) is 52.5 Å². The molecule has 0 aliphatic rings. The van der Waals surface area contributed by atoms with Crippen LogP contribution in [0.3, 0.4) is 0 Å². The van der Waals surface area contributed by atoms with E-state index in [1.54, 1.807) is 19.1 Å². The number of halogens is 1. The van der Waals surface area contributed by atoms with E-state index in [0.717, 1.165) is 21.3 Å². The number of rotatable bonds is 5. The van der Waals surface area contributed by atoms with E-state index in [1.165, 1.54) is 11.3 Å². The third kappa shape index (κ3) is 4.39. The number of benzene rings is 2. The maximum Gasteiger partial charge on any atom is 0.228 e. The number of fused-ring (bicyclic) bond motifs is 1. The maximum absolute atomic E-state index is 12.3. The molecule has 0 saturated heterocycles. The predicted molar refractivity (Wildman–Crippen MR) is 107 cm³/mol. The van der Waals surface area contributed by atoms with Crippen molar-refractivity contribution < 1.29 is 9.59 Å². The molecule has 0 saturated carbocycles. The molecule has 2 N–H and O–H groups in total. The van der Waals surface area contributed by atoms with Gasteiger partial charge in [-0.25, -0.2) is 4.98 Å². The summed E-state index contributed by atoms with van der Waals surface area (Å²) in [6, 6.07) is 11.1. The molecule has 7 heteroatoms. The number of nitrogens with zero attached hydrogens (tertiary/aromatic N) is 1. The van der Waals surface area contributed by atoms with Crippen molar-refractivity contribution in [2.75, 3.05) is 10.6 Å². The molecule has 2 aromatic carbocycles. The van der Waals surface area contributed by atoms with Crippen molar-refractivity contribution in [1.82, 2.24) is 4.98 Å². The summed E-state index contributed by atoms with van der Waals surface area (Å²) in [4.78, 5) is 28.2. The lowest BCUT2D eigenvalue weighted by molar-refractivity contribution is -0.116. The Kier molecular flexibility index (Phi) is 5.54. The maximum atomic E-state index is 12.3. The van der Waals surface area contributed by atoms with Crippen LogP contribution < -0.4 is 10.6 Å². The van der Waals surface area contributed by atoms with Crippen molar-refractivity contribution in [1.29, 1.82) is 0 Å². The van der Waals surface area contributed by atoms with Crippen LogP contribution in [0.15, 0.2) is 36.4 Å². The highest BCUT2D eigenvalue weighted by Crippen LogP contribution is 2.27. The van der Waals surface area contributed by atoms with E-state index in [9.17, 15) is 9.59 Å². The van der Waals surface area contributed by atoms with E-state index >= 15 is 0 Å². The minimum atomic E-state index is -0.112. The van der Waals surface area contributed by atoms with Gasteiger partial charge in [0.2, 0.25) is 11.8 Å². The molecule has 134 valence electrons. The number of amides is 2. The van der Waals surface area contributed by atoms with Gasteiger partial charge in [0.15, 0.2) is 5.13 Å². The van der Waals surface area contributed by atoms with Gasteiger partial charge in [-0.05, 0) is 42.3 Å². The summed E-state index contributed by atoms with van der Waals surface area (Å²) in [5.74, 6) is -0.181. The average molecular weight is 388 g/mol. The Morgan fingerprint density at radius 1 is 1.12 bits per heavy atom. The molecule has 1 heterocycles. The van der Waals surface area contributed by atoms with Crippen LogP contribution in [0.25, 0.3) is 10.2 Å². The van der Waals surface area contributed by atoms with Crippen molar-refractivity contribution in [3.63, 3.8) is 0 Å². The number of aryl methyl sites for hydroxylation is 1. The lowest BCUT2D eigenvalue weighted by atomic mass is 10.1. The summed E-state index contributed by atoms with van der Waals surface area (Å²) in [7, 11) is 0. The highest BCUT2D eigenvalue weighted by molar-refractivity contribution is 7.22. The van der Waals surface area contributed by atoms with Crippen LogP contribution in [0.5, 0.6) is 0 Å². The largest absolute Gasteiger partial charge is 0.326 e. The molecule has 0 bridgehead atoms. The van der Waals surface area contributed by atoms with Gasteiger partial charge in [-0.3, -0.25) is 9.59 Å². The normalized spacial score (nSPS) is 10.7. The first-order valence-corrected chi connectivity index (χ1v) is 9.39. The van der Waals surface area contributed by atoms with Crippen molar-refractivity contribution in [2.24, 2.45) is 0 Å². The third-order valence-electron chi connectivity index (χ3n) is 3.86. The molecular weight excluding hydrogens is 370 g/mol. The number of hydrogen-bond donors (Lipinski definition) is 2. The Labute approximate surface area is 160 Å². The Hall–Kier alpha value is -2.44. The number of thiazole rings is 1. The first kappa shape index (κ1) is 18.4. The van der Waals surface area contributed by atoms with Crippen molar-refractivity contribution in [3.8, 4) is 0 Å². The van der Waals surface area contributed by atoms with Crippen molar-refractivity contribution in [2.45, 2.75) is 26.7 Å². The second kappa shape index (κ2) is 7.85. The molecular formula is C19H18ClN3O2S. The number of hydrogen-bond acceptors (Lipinski definition) is 4. The third-order valence-corrected chi connectivity index (χ3v) is 5.03. The Morgan fingerprint density at radius 3 is 2.69 bits per heavy atom. The molecule has 0 unspecified atom stereocenters. The lowest BCUT2D eigenvalue weighted by Gasteiger charge is -2.09. The summed E-state index contributed by atoms with van der Waals surface area (Å²) in [5, 5.41) is 6.81. The number of carbonyl (C=O) groups is 2. The fourth-order valence-electron chi connectivity index (χ4n) is 2.45. The number of carbonyl (C=O) groups excluding carboxylic acids is 2. The lowest BCUT2D eigenvalue weighted by Crippen LogP contribution is -2.15. The van der Waals surface area contributed by atoms with E-state index in [-0.39, 0.29) is 18.2 Å². The standard InChI is InChI=1S/C19H18ClN3O2S/c1-3-17(24)23-19-22-14-7-5-12(8-16(14)26-19)9-18(25)21-15-10-13(20)6-4-11(15)2/h4-8,10H,3,9H2,1-2H3,(H,21,25)(H,22,23,24). The topological polar surface area (TPSA) is 71.1 Å². The summed E-state index contributed by atoms with van der Waals surface area (Å²) in [6.07, 6.45) is 0.653. The van der Waals surface area contributed by atoms with Crippen LogP contribution in [0, 0.1) is 6.92 Å². The van der Waals surface area contributed by atoms with Crippen LogP contribution in [-0.4, -0.2) is 16.8 Å². The van der Waals surface area contributed by atoms with E-state index < -0.39 is 0 Å². The first-order valence-electron chi connectivity index (χ1n) is 8.20. The smallest absolute Gasteiger partial charge is 0.228 e.